The van der Waals surface area contributed by atoms with Crippen molar-refractivity contribution < 1.29 is 13.9 Å². The van der Waals surface area contributed by atoms with Gasteiger partial charge < -0.3 is 10.1 Å². The van der Waals surface area contributed by atoms with Crippen molar-refractivity contribution in [3.05, 3.63) is 65.5 Å². The summed E-state index contributed by atoms with van der Waals surface area (Å²) >= 11 is 0. The summed E-state index contributed by atoms with van der Waals surface area (Å²) in [7, 11) is 0. The van der Waals surface area contributed by atoms with E-state index in [9.17, 15) is 9.18 Å². The highest BCUT2D eigenvalue weighted by Gasteiger charge is 2.14. The first-order valence-electron chi connectivity index (χ1n) is 6.80. The standard InChI is InChI=1S/C17H18FNO2/c1-12-7-9-15(10-8-12)21-13(2)17(20)19-11-14-5-3-4-6-16(14)18/h3-10,13H,11H2,1-2H3,(H,19,20). The average Bonchev–Trinajstić information content (AvgIpc) is 2.48. The Balaban J connectivity index is 1.88. The third kappa shape index (κ3) is 4.31. The molecule has 0 saturated carbocycles. The van der Waals surface area contributed by atoms with E-state index in [1.54, 1.807) is 25.1 Å². The van der Waals surface area contributed by atoms with E-state index in [-0.39, 0.29) is 18.3 Å². The van der Waals surface area contributed by atoms with E-state index in [0.29, 0.717) is 11.3 Å². The van der Waals surface area contributed by atoms with Crippen LogP contribution in [0.1, 0.15) is 18.1 Å². The Bertz CT molecular complexity index is 610. The highest BCUT2D eigenvalue weighted by atomic mass is 19.1. The second-order valence-electron chi connectivity index (χ2n) is 4.88. The Morgan fingerprint density at radius 2 is 1.86 bits per heavy atom. The van der Waals surface area contributed by atoms with Gasteiger partial charge in [0.25, 0.3) is 5.91 Å². The van der Waals surface area contributed by atoms with Gasteiger partial charge in [-0.2, -0.15) is 0 Å². The zero-order valence-corrected chi connectivity index (χ0v) is 12.1. The molecule has 2 aromatic rings. The summed E-state index contributed by atoms with van der Waals surface area (Å²) in [5, 5.41) is 2.67. The number of hydrogen-bond acceptors (Lipinski definition) is 2. The number of ether oxygens (including phenoxy) is 1. The molecule has 0 aliphatic heterocycles. The molecule has 0 fully saturated rings. The maximum atomic E-state index is 13.4. The van der Waals surface area contributed by atoms with Crippen LogP contribution in [0.5, 0.6) is 5.75 Å². The number of carbonyl (C=O) groups excluding carboxylic acids is 1. The monoisotopic (exact) mass is 287 g/mol. The second-order valence-corrected chi connectivity index (χ2v) is 4.88. The minimum Gasteiger partial charge on any atom is -0.481 e. The molecule has 3 nitrogen and oxygen atoms in total. The lowest BCUT2D eigenvalue weighted by atomic mass is 10.2. The molecule has 0 aliphatic carbocycles. The molecule has 1 amide bonds. The first-order chi connectivity index (χ1) is 10.1. The van der Waals surface area contributed by atoms with Crippen molar-refractivity contribution in [2.24, 2.45) is 0 Å². The van der Waals surface area contributed by atoms with Crippen molar-refractivity contribution >= 4 is 5.91 Å². The largest absolute Gasteiger partial charge is 0.481 e. The quantitative estimate of drug-likeness (QED) is 0.917. The predicted molar refractivity (Wildman–Crippen MR) is 79.5 cm³/mol. The number of halogens is 1. The SMILES string of the molecule is Cc1ccc(OC(C)C(=O)NCc2ccccc2F)cc1. The second kappa shape index (κ2) is 6.88. The van der Waals surface area contributed by atoms with Crippen molar-refractivity contribution in [2.45, 2.75) is 26.5 Å². The maximum Gasteiger partial charge on any atom is 0.261 e. The smallest absolute Gasteiger partial charge is 0.261 e. The zero-order chi connectivity index (χ0) is 15.2. The highest BCUT2D eigenvalue weighted by Crippen LogP contribution is 2.13. The average molecular weight is 287 g/mol. The van der Waals surface area contributed by atoms with Crippen LogP contribution in [0.25, 0.3) is 0 Å². The zero-order valence-electron chi connectivity index (χ0n) is 12.1. The number of carbonyl (C=O) groups is 1. The fourth-order valence-electron chi connectivity index (χ4n) is 1.84. The molecule has 0 aliphatic rings. The van der Waals surface area contributed by atoms with Crippen LogP contribution in [-0.4, -0.2) is 12.0 Å². The number of hydrogen-bond donors (Lipinski definition) is 1. The number of aryl methyl sites for hydroxylation is 1. The summed E-state index contributed by atoms with van der Waals surface area (Å²) < 4.78 is 19.0. The molecule has 4 heteroatoms. The van der Waals surface area contributed by atoms with E-state index in [4.69, 9.17) is 4.74 Å². The van der Waals surface area contributed by atoms with E-state index < -0.39 is 6.10 Å². The van der Waals surface area contributed by atoms with Crippen molar-refractivity contribution in [2.75, 3.05) is 0 Å². The van der Waals surface area contributed by atoms with Gasteiger partial charge in [-0.05, 0) is 32.0 Å². The number of amides is 1. The van der Waals surface area contributed by atoms with E-state index in [0.717, 1.165) is 5.56 Å². The van der Waals surface area contributed by atoms with Gasteiger partial charge in [0.15, 0.2) is 6.10 Å². The molecule has 21 heavy (non-hydrogen) atoms. The fourth-order valence-corrected chi connectivity index (χ4v) is 1.84. The summed E-state index contributed by atoms with van der Waals surface area (Å²) in [6, 6.07) is 13.8. The molecule has 0 aromatic heterocycles. The minimum atomic E-state index is -0.639. The van der Waals surface area contributed by atoms with Gasteiger partial charge in [-0.3, -0.25) is 4.79 Å². The molecule has 1 atom stereocenters. The number of nitrogens with one attached hydrogen (secondary N) is 1. The number of benzene rings is 2. The summed E-state index contributed by atoms with van der Waals surface area (Å²) in [5.41, 5.74) is 1.58. The van der Waals surface area contributed by atoms with Crippen LogP contribution in [-0.2, 0) is 11.3 Å². The van der Waals surface area contributed by atoms with Crippen LogP contribution in [0.4, 0.5) is 4.39 Å². The third-order valence-electron chi connectivity index (χ3n) is 3.11. The van der Waals surface area contributed by atoms with E-state index >= 15 is 0 Å². The summed E-state index contributed by atoms with van der Waals surface area (Å²) in [6.45, 7) is 3.79. The molecule has 110 valence electrons. The molecular formula is C17H18FNO2. The van der Waals surface area contributed by atoms with Gasteiger partial charge in [0.2, 0.25) is 0 Å². The predicted octanol–water partition coefficient (Wildman–Crippen LogP) is 3.22. The first kappa shape index (κ1) is 15.0. The Labute approximate surface area is 123 Å². The normalized spacial score (nSPS) is 11.8. The molecule has 2 aromatic carbocycles. The van der Waals surface area contributed by atoms with Crippen molar-refractivity contribution in [1.82, 2.24) is 5.32 Å². The van der Waals surface area contributed by atoms with Crippen LogP contribution in [0.3, 0.4) is 0 Å². The van der Waals surface area contributed by atoms with Crippen LogP contribution < -0.4 is 10.1 Å². The van der Waals surface area contributed by atoms with Gasteiger partial charge in [0, 0.05) is 12.1 Å². The van der Waals surface area contributed by atoms with Crippen LogP contribution in [0.15, 0.2) is 48.5 Å². The molecule has 0 bridgehead atoms. The Kier molecular flexibility index (Phi) is 4.93. The van der Waals surface area contributed by atoms with Crippen LogP contribution >= 0.6 is 0 Å². The molecule has 1 unspecified atom stereocenters. The van der Waals surface area contributed by atoms with E-state index in [1.807, 2.05) is 31.2 Å². The molecule has 0 saturated heterocycles. The lowest BCUT2D eigenvalue weighted by molar-refractivity contribution is -0.127. The molecular weight excluding hydrogens is 269 g/mol. The van der Waals surface area contributed by atoms with Gasteiger partial charge in [-0.1, -0.05) is 35.9 Å². The van der Waals surface area contributed by atoms with E-state index in [2.05, 4.69) is 5.32 Å². The molecule has 1 N–H and O–H groups in total. The molecule has 0 radical (unpaired) electrons. The van der Waals surface area contributed by atoms with Gasteiger partial charge in [0.05, 0.1) is 0 Å². The summed E-state index contributed by atoms with van der Waals surface area (Å²) in [6.07, 6.45) is -0.639. The van der Waals surface area contributed by atoms with Crippen LogP contribution in [0.2, 0.25) is 0 Å². The highest BCUT2D eigenvalue weighted by molar-refractivity contribution is 5.80. The minimum absolute atomic E-state index is 0.146. The lowest BCUT2D eigenvalue weighted by Crippen LogP contribution is -2.36. The van der Waals surface area contributed by atoms with Gasteiger partial charge >= 0.3 is 0 Å². The summed E-state index contributed by atoms with van der Waals surface area (Å²) in [4.78, 5) is 11.9. The first-order valence-corrected chi connectivity index (χ1v) is 6.80. The third-order valence-corrected chi connectivity index (χ3v) is 3.11. The van der Waals surface area contributed by atoms with Crippen molar-refractivity contribution in [3.63, 3.8) is 0 Å². The Hall–Kier alpha value is -2.36. The van der Waals surface area contributed by atoms with Gasteiger partial charge in [0.1, 0.15) is 11.6 Å². The number of rotatable bonds is 5. The topological polar surface area (TPSA) is 38.3 Å². The molecule has 0 spiro atoms. The van der Waals surface area contributed by atoms with Gasteiger partial charge in [-0.15, -0.1) is 0 Å². The Morgan fingerprint density at radius 3 is 2.52 bits per heavy atom. The molecule has 2 rings (SSSR count). The van der Waals surface area contributed by atoms with E-state index in [1.165, 1.54) is 6.07 Å². The van der Waals surface area contributed by atoms with Gasteiger partial charge in [-0.25, -0.2) is 4.39 Å². The summed E-state index contributed by atoms with van der Waals surface area (Å²) in [5.74, 6) is 0.0258. The fraction of sp³-hybridized carbons (Fsp3) is 0.235. The molecule has 0 heterocycles. The van der Waals surface area contributed by atoms with Crippen molar-refractivity contribution in [1.29, 1.82) is 0 Å². The van der Waals surface area contributed by atoms with Crippen LogP contribution in [0, 0.1) is 12.7 Å². The lowest BCUT2D eigenvalue weighted by Gasteiger charge is -2.15. The Morgan fingerprint density at radius 1 is 1.19 bits per heavy atom. The van der Waals surface area contributed by atoms with Crippen molar-refractivity contribution in [3.8, 4) is 5.75 Å². The maximum absolute atomic E-state index is 13.4.